The first-order chi connectivity index (χ1) is 13.7. The Morgan fingerprint density at radius 2 is 1.89 bits per heavy atom. The minimum Gasteiger partial charge on any atom is -0.330 e. The zero-order chi connectivity index (χ0) is 19.1. The Morgan fingerprint density at radius 1 is 1.04 bits per heavy atom. The van der Waals surface area contributed by atoms with E-state index in [0.717, 1.165) is 45.2 Å². The van der Waals surface area contributed by atoms with Gasteiger partial charge in [0.15, 0.2) is 0 Å². The number of nitrogens with zero attached hydrogens (tertiary/aromatic N) is 3. The largest absolute Gasteiger partial charge is 0.330 e. The molecule has 0 aliphatic heterocycles. The molecule has 0 fully saturated rings. The molecule has 0 aliphatic carbocycles. The summed E-state index contributed by atoms with van der Waals surface area (Å²) < 4.78 is 2.11. The molecule has 0 amide bonds. The fourth-order valence-corrected chi connectivity index (χ4v) is 4.46. The third kappa shape index (κ3) is 2.88. The number of pyridine rings is 1. The van der Waals surface area contributed by atoms with Crippen LogP contribution in [-0.4, -0.2) is 21.1 Å². The normalized spacial score (nSPS) is 11.5. The van der Waals surface area contributed by atoms with Crippen LogP contribution in [0.15, 0.2) is 65.7 Å². The highest BCUT2D eigenvalue weighted by Crippen LogP contribution is 2.35. The molecule has 6 heteroatoms. The molecule has 0 saturated heterocycles. The van der Waals surface area contributed by atoms with Gasteiger partial charge in [0.25, 0.3) is 0 Å². The molecular weight excluding hydrogens is 388 g/mol. The van der Waals surface area contributed by atoms with Gasteiger partial charge >= 0.3 is 0 Å². The van der Waals surface area contributed by atoms with Gasteiger partial charge in [0.2, 0.25) is 0 Å². The number of halogens is 1. The first kappa shape index (κ1) is 17.4. The second-order valence-electron chi connectivity index (χ2n) is 6.67. The molecule has 3 aromatic heterocycles. The van der Waals surface area contributed by atoms with Crippen LogP contribution in [0, 0.1) is 0 Å². The van der Waals surface area contributed by atoms with Crippen molar-refractivity contribution >= 4 is 44.9 Å². The number of aromatic nitrogens is 3. The first-order valence-electron chi connectivity index (χ1n) is 9.02. The summed E-state index contributed by atoms with van der Waals surface area (Å²) in [6.45, 7) is 0.649. The van der Waals surface area contributed by atoms with E-state index in [0.29, 0.717) is 11.6 Å². The Hall–Kier alpha value is -2.73. The average Bonchev–Trinajstić information content (AvgIpc) is 3.38. The Kier molecular flexibility index (Phi) is 4.36. The summed E-state index contributed by atoms with van der Waals surface area (Å²) in [4.78, 5) is 9.13. The SMILES string of the molecule is NCCc1ccc(-n2cnc3cnc4cc(Cl)c(-c5ccsc5)cc4c32)cc1. The molecule has 2 aromatic carbocycles. The highest BCUT2D eigenvalue weighted by atomic mass is 35.5. The predicted octanol–water partition coefficient (Wildman–Crippen LogP) is 5.46. The van der Waals surface area contributed by atoms with E-state index in [1.807, 2.05) is 12.4 Å². The summed E-state index contributed by atoms with van der Waals surface area (Å²) in [7, 11) is 0. The predicted molar refractivity (Wildman–Crippen MR) is 117 cm³/mol. The number of fused-ring (bicyclic) bond motifs is 3. The van der Waals surface area contributed by atoms with Crippen LogP contribution in [0.1, 0.15) is 5.56 Å². The van der Waals surface area contributed by atoms with Crippen molar-refractivity contribution in [3.63, 3.8) is 0 Å². The second-order valence-corrected chi connectivity index (χ2v) is 7.86. The number of nitrogens with two attached hydrogens (primary N) is 1. The lowest BCUT2D eigenvalue weighted by Crippen LogP contribution is -2.02. The average molecular weight is 405 g/mol. The van der Waals surface area contributed by atoms with Gasteiger partial charge < -0.3 is 5.73 Å². The molecule has 3 heterocycles. The van der Waals surface area contributed by atoms with E-state index in [4.69, 9.17) is 17.3 Å². The smallest absolute Gasteiger partial charge is 0.108 e. The molecule has 2 N–H and O–H groups in total. The Balaban J connectivity index is 1.75. The van der Waals surface area contributed by atoms with Crippen LogP contribution in [0.2, 0.25) is 5.02 Å². The summed E-state index contributed by atoms with van der Waals surface area (Å²) in [6.07, 6.45) is 4.53. The van der Waals surface area contributed by atoms with Gasteiger partial charge in [-0.3, -0.25) is 9.55 Å². The Labute approximate surface area is 171 Å². The summed E-state index contributed by atoms with van der Waals surface area (Å²) in [5.41, 5.74) is 12.8. The zero-order valence-electron chi connectivity index (χ0n) is 15.0. The van der Waals surface area contributed by atoms with Gasteiger partial charge in [-0.05, 0) is 65.2 Å². The number of rotatable bonds is 4. The fraction of sp³-hybridized carbons (Fsp3) is 0.0909. The van der Waals surface area contributed by atoms with Crippen molar-refractivity contribution in [1.82, 2.24) is 14.5 Å². The highest BCUT2D eigenvalue weighted by Gasteiger charge is 2.14. The number of imidazole rings is 1. The van der Waals surface area contributed by atoms with E-state index < -0.39 is 0 Å². The maximum absolute atomic E-state index is 6.56. The van der Waals surface area contributed by atoms with Gasteiger partial charge in [-0.2, -0.15) is 11.3 Å². The minimum atomic E-state index is 0.649. The van der Waals surface area contributed by atoms with E-state index in [9.17, 15) is 0 Å². The lowest BCUT2D eigenvalue weighted by Gasteiger charge is -2.10. The van der Waals surface area contributed by atoms with E-state index in [2.05, 4.69) is 61.7 Å². The van der Waals surface area contributed by atoms with E-state index in [1.54, 1.807) is 17.5 Å². The third-order valence-corrected chi connectivity index (χ3v) is 5.94. The summed E-state index contributed by atoms with van der Waals surface area (Å²) >= 11 is 8.21. The van der Waals surface area contributed by atoms with Gasteiger partial charge in [-0.15, -0.1) is 0 Å². The van der Waals surface area contributed by atoms with Crippen LogP contribution < -0.4 is 5.73 Å². The van der Waals surface area contributed by atoms with Gasteiger partial charge in [0.05, 0.1) is 22.3 Å². The molecule has 5 aromatic rings. The first-order valence-corrected chi connectivity index (χ1v) is 10.3. The molecule has 28 heavy (non-hydrogen) atoms. The van der Waals surface area contributed by atoms with Gasteiger partial charge in [0.1, 0.15) is 11.8 Å². The summed E-state index contributed by atoms with van der Waals surface area (Å²) in [6, 6.07) is 14.6. The summed E-state index contributed by atoms with van der Waals surface area (Å²) in [5.74, 6) is 0. The molecule has 0 radical (unpaired) electrons. The maximum Gasteiger partial charge on any atom is 0.108 e. The Morgan fingerprint density at radius 3 is 2.64 bits per heavy atom. The van der Waals surface area contributed by atoms with Gasteiger partial charge in [-0.25, -0.2) is 4.98 Å². The van der Waals surface area contributed by atoms with Crippen molar-refractivity contribution < 1.29 is 0 Å². The van der Waals surface area contributed by atoms with E-state index in [1.165, 1.54) is 5.56 Å². The molecule has 4 nitrogen and oxygen atoms in total. The lowest BCUT2D eigenvalue weighted by molar-refractivity contribution is 0.966. The van der Waals surface area contributed by atoms with Crippen molar-refractivity contribution in [1.29, 1.82) is 0 Å². The van der Waals surface area contributed by atoms with Crippen LogP contribution in [0.25, 0.3) is 38.8 Å². The molecular formula is C22H17ClN4S. The van der Waals surface area contributed by atoms with Crippen LogP contribution >= 0.6 is 22.9 Å². The van der Waals surface area contributed by atoms with Crippen molar-refractivity contribution in [3.05, 3.63) is 76.3 Å². The van der Waals surface area contributed by atoms with Crippen LogP contribution in [-0.2, 0) is 6.42 Å². The van der Waals surface area contributed by atoms with Crippen LogP contribution in [0.3, 0.4) is 0 Å². The number of hydrogen-bond acceptors (Lipinski definition) is 4. The molecule has 138 valence electrons. The van der Waals surface area contributed by atoms with E-state index in [-0.39, 0.29) is 0 Å². The van der Waals surface area contributed by atoms with Crippen molar-refractivity contribution in [2.24, 2.45) is 5.73 Å². The minimum absolute atomic E-state index is 0.649. The third-order valence-electron chi connectivity index (χ3n) is 4.94. The molecule has 0 spiro atoms. The monoisotopic (exact) mass is 404 g/mol. The Bertz CT molecular complexity index is 1270. The summed E-state index contributed by atoms with van der Waals surface area (Å²) in [5, 5.41) is 5.90. The zero-order valence-corrected chi connectivity index (χ0v) is 16.5. The van der Waals surface area contributed by atoms with Crippen LogP contribution in [0.5, 0.6) is 0 Å². The number of hydrogen-bond donors (Lipinski definition) is 1. The number of thiophene rings is 1. The molecule has 0 aliphatic rings. The highest BCUT2D eigenvalue weighted by molar-refractivity contribution is 7.08. The molecule has 0 unspecified atom stereocenters. The van der Waals surface area contributed by atoms with Crippen molar-refractivity contribution in [2.45, 2.75) is 6.42 Å². The quantitative estimate of drug-likeness (QED) is 0.433. The molecule has 0 atom stereocenters. The molecule has 0 bridgehead atoms. The topological polar surface area (TPSA) is 56.7 Å². The second kappa shape index (κ2) is 7.02. The van der Waals surface area contributed by atoms with Gasteiger partial charge in [-0.1, -0.05) is 23.7 Å². The van der Waals surface area contributed by atoms with Crippen molar-refractivity contribution in [2.75, 3.05) is 6.54 Å². The van der Waals surface area contributed by atoms with Crippen molar-refractivity contribution in [3.8, 4) is 16.8 Å². The standard InChI is InChI=1S/C22H17ClN4S/c23-19-10-20-18(9-17(19)15-6-8-28-12-15)22-21(11-25-20)26-13-27(22)16-3-1-14(2-4-16)5-7-24/h1-4,6,8-13H,5,7,24H2. The van der Waals surface area contributed by atoms with Gasteiger partial charge in [0, 0.05) is 16.6 Å². The fourth-order valence-electron chi connectivity index (χ4n) is 3.54. The molecule has 5 rings (SSSR count). The molecule has 0 saturated carbocycles. The van der Waals surface area contributed by atoms with Crippen LogP contribution in [0.4, 0.5) is 0 Å². The van der Waals surface area contributed by atoms with E-state index >= 15 is 0 Å². The lowest BCUT2D eigenvalue weighted by atomic mass is 10.0. The maximum atomic E-state index is 6.56. The number of benzene rings is 2.